The van der Waals surface area contributed by atoms with Gasteiger partial charge in [-0.25, -0.2) is 0 Å². The summed E-state index contributed by atoms with van der Waals surface area (Å²) in [6.45, 7) is 16.1. The first-order valence-electron chi connectivity index (χ1n) is 16.9. The molecular formula is C42H46ClN2+. The Morgan fingerprint density at radius 1 is 0.822 bits per heavy atom. The molecule has 0 fully saturated rings. The molecule has 0 amide bonds. The summed E-state index contributed by atoms with van der Waals surface area (Å²) in [6.07, 6.45) is 11.3. The van der Waals surface area contributed by atoms with Crippen LogP contribution in [0.1, 0.15) is 78.4 Å². The normalized spacial score (nSPS) is 21.5. The van der Waals surface area contributed by atoms with Crippen LogP contribution >= 0.6 is 11.6 Å². The lowest BCUT2D eigenvalue weighted by Crippen LogP contribution is -2.41. The average Bonchev–Trinajstić information content (AvgIpc) is 3.41. The number of likely N-dealkylation sites (N-methyl/N-ethyl adjacent to an activating group) is 1. The molecule has 2 heterocycles. The van der Waals surface area contributed by atoms with Crippen LogP contribution in [0.25, 0.3) is 21.5 Å². The second-order valence-electron chi connectivity index (χ2n) is 14.1. The number of benzene rings is 4. The van der Waals surface area contributed by atoms with E-state index in [1.807, 2.05) is 0 Å². The Morgan fingerprint density at radius 2 is 1.49 bits per heavy atom. The summed E-state index contributed by atoms with van der Waals surface area (Å²) in [7, 11) is 0. The number of allylic oxidation sites excluding steroid dienone is 5. The van der Waals surface area contributed by atoms with Gasteiger partial charge >= 0.3 is 0 Å². The quantitative estimate of drug-likeness (QED) is 0.196. The Labute approximate surface area is 274 Å². The van der Waals surface area contributed by atoms with Gasteiger partial charge in [0.05, 0.1) is 5.41 Å². The smallest absolute Gasteiger partial charge is 0.210 e. The molecule has 2 aliphatic heterocycles. The molecule has 1 unspecified atom stereocenters. The van der Waals surface area contributed by atoms with Crippen molar-refractivity contribution in [1.82, 2.24) is 0 Å². The Bertz CT molecular complexity index is 1950. The van der Waals surface area contributed by atoms with Crippen LogP contribution in [0.5, 0.6) is 0 Å². The number of hydrogen-bond donors (Lipinski definition) is 0. The van der Waals surface area contributed by atoms with Crippen molar-refractivity contribution in [2.45, 2.75) is 84.1 Å². The largest absolute Gasteiger partial charge is 0.367 e. The third-order valence-electron chi connectivity index (χ3n) is 11.0. The van der Waals surface area contributed by atoms with Crippen molar-refractivity contribution >= 4 is 50.2 Å². The van der Waals surface area contributed by atoms with E-state index >= 15 is 0 Å². The highest BCUT2D eigenvalue weighted by Crippen LogP contribution is 2.50. The molecule has 0 saturated heterocycles. The lowest BCUT2D eigenvalue weighted by molar-refractivity contribution is -0.433. The van der Waals surface area contributed by atoms with Gasteiger partial charge in [-0.05, 0) is 104 Å². The first-order valence-corrected chi connectivity index (χ1v) is 17.3. The van der Waals surface area contributed by atoms with Crippen LogP contribution in [0.2, 0.25) is 0 Å². The second-order valence-corrected chi connectivity index (χ2v) is 14.5. The summed E-state index contributed by atoms with van der Waals surface area (Å²) < 4.78 is 2.50. The monoisotopic (exact) mass is 613 g/mol. The topological polar surface area (TPSA) is 6.25 Å². The molecule has 0 aromatic heterocycles. The van der Waals surface area contributed by atoms with Crippen molar-refractivity contribution in [2.75, 3.05) is 18.0 Å². The number of halogens is 1. The number of nitrogens with zero attached hydrogens (tertiary/aromatic N) is 2. The summed E-state index contributed by atoms with van der Waals surface area (Å²) in [6, 6.07) is 27.3. The maximum Gasteiger partial charge on any atom is 0.210 e. The number of hydrogen-bond acceptors (Lipinski definition) is 1. The van der Waals surface area contributed by atoms with Gasteiger partial charge in [-0.15, -0.1) is 0 Å². The summed E-state index contributed by atoms with van der Waals surface area (Å²) in [4.78, 5) is 2.62. The van der Waals surface area contributed by atoms with Gasteiger partial charge in [0.15, 0.2) is 5.71 Å². The van der Waals surface area contributed by atoms with E-state index < -0.39 is 0 Å². The van der Waals surface area contributed by atoms with Crippen LogP contribution in [0.3, 0.4) is 0 Å². The van der Waals surface area contributed by atoms with Gasteiger partial charge < -0.3 is 4.90 Å². The summed E-state index contributed by atoms with van der Waals surface area (Å²) in [5.74, 6) is 0. The molecular weight excluding hydrogens is 568 g/mol. The van der Waals surface area contributed by atoms with Crippen LogP contribution < -0.4 is 4.90 Å². The Balaban J connectivity index is 1.20. The molecule has 3 heteroatoms. The zero-order valence-corrected chi connectivity index (χ0v) is 28.5. The van der Waals surface area contributed by atoms with Crippen molar-refractivity contribution in [1.29, 1.82) is 0 Å². The predicted octanol–water partition coefficient (Wildman–Crippen LogP) is 11.1. The first kappa shape index (κ1) is 30.1. The molecule has 0 bridgehead atoms. The highest BCUT2D eigenvalue weighted by Gasteiger charge is 2.46. The van der Waals surface area contributed by atoms with Crippen LogP contribution in [-0.2, 0) is 10.8 Å². The van der Waals surface area contributed by atoms with E-state index in [0.29, 0.717) is 6.04 Å². The van der Waals surface area contributed by atoms with Crippen molar-refractivity contribution in [2.24, 2.45) is 0 Å². The Hall–Kier alpha value is -3.62. The maximum absolute atomic E-state index is 7.26. The second kappa shape index (κ2) is 11.3. The van der Waals surface area contributed by atoms with Gasteiger partial charge in [-0.2, -0.15) is 4.58 Å². The van der Waals surface area contributed by atoms with Gasteiger partial charge in [-0.1, -0.05) is 92.2 Å². The maximum atomic E-state index is 7.26. The van der Waals surface area contributed by atoms with Crippen LogP contribution in [0.4, 0.5) is 11.4 Å². The van der Waals surface area contributed by atoms with Gasteiger partial charge in [0.2, 0.25) is 5.69 Å². The van der Waals surface area contributed by atoms with Crippen molar-refractivity contribution < 1.29 is 4.58 Å². The van der Waals surface area contributed by atoms with Crippen LogP contribution in [-0.4, -0.2) is 29.4 Å². The lowest BCUT2D eigenvalue weighted by Gasteiger charge is -2.34. The molecule has 4 aromatic carbocycles. The molecule has 3 aliphatic rings. The minimum Gasteiger partial charge on any atom is -0.367 e. The van der Waals surface area contributed by atoms with Crippen molar-refractivity contribution in [3.8, 4) is 0 Å². The standard InChI is InChI=1S/C42H46ClN2/c1-7-44-34-24-20-28-14-9-11-18-32(28)38(34)41(3,4)36(44)26-22-30-16-13-17-31(40(30)43)23-27-37-42(5,6)39-33-19-12-10-15-29(33)21-25-35(39)45(37)8-2/h9-12,14-15,18-26,37H,7-8,13,16-17,27H2,1-6H3/q+1/b26-22+,31-23+. The van der Waals surface area contributed by atoms with Crippen molar-refractivity contribution in [3.63, 3.8) is 0 Å². The fraction of sp³-hybridized carbons (Fsp3) is 0.357. The third-order valence-corrected chi connectivity index (χ3v) is 11.5. The van der Waals surface area contributed by atoms with E-state index in [9.17, 15) is 0 Å². The minimum atomic E-state index is -0.0973. The van der Waals surface area contributed by atoms with E-state index in [1.165, 1.54) is 60.9 Å². The molecule has 0 spiro atoms. The molecule has 0 radical (unpaired) electrons. The van der Waals surface area contributed by atoms with Crippen molar-refractivity contribution in [3.05, 3.63) is 118 Å². The highest BCUT2D eigenvalue weighted by molar-refractivity contribution is 6.32. The van der Waals surface area contributed by atoms with E-state index in [2.05, 4.69) is 142 Å². The Kier molecular flexibility index (Phi) is 7.56. The molecule has 4 aromatic rings. The number of rotatable bonds is 6. The van der Waals surface area contributed by atoms with Gasteiger partial charge in [-0.3, -0.25) is 0 Å². The SMILES string of the molecule is CCN1c2ccc3ccccc3c2C(C)(C)C1C/C=C1\CCCC(/C=C/C2=[N+](CC)c3ccc4ccccc4c3C2(C)C)=C1Cl. The van der Waals surface area contributed by atoms with E-state index in [-0.39, 0.29) is 10.8 Å². The fourth-order valence-corrected chi connectivity index (χ4v) is 9.10. The summed E-state index contributed by atoms with van der Waals surface area (Å²) in [5, 5.41) is 6.34. The van der Waals surface area contributed by atoms with E-state index in [4.69, 9.17) is 11.6 Å². The summed E-state index contributed by atoms with van der Waals surface area (Å²) >= 11 is 7.26. The third kappa shape index (κ3) is 4.71. The highest BCUT2D eigenvalue weighted by atomic mass is 35.5. The minimum absolute atomic E-state index is 0.0321. The zero-order valence-electron chi connectivity index (χ0n) is 27.8. The van der Waals surface area contributed by atoms with Crippen LogP contribution in [0, 0.1) is 0 Å². The first-order chi connectivity index (χ1) is 21.7. The molecule has 0 N–H and O–H groups in total. The van der Waals surface area contributed by atoms with Gasteiger partial charge in [0.1, 0.15) is 6.54 Å². The average molecular weight is 614 g/mol. The molecule has 230 valence electrons. The molecule has 2 nitrogen and oxygen atoms in total. The van der Waals surface area contributed by atoms with Crippen LogP contribution in [0.15, 0.2) is 107 Å². The summed E-state index contributed by atoms with van der Waals surface area (Å²) in [5.41, 5.74) is 9.51. The fourth-order valence-electron chi connectivity index (χ4n) is 8.77. The number of anilines is 1. The van der Waals surface area contributed by atoms with Gasteiger partial charge in [0.25, 0.3) is 0 Å². The molecule has 7 rings (SSSR count). The van der Waals surface area contributed by atoms with E-state index in [1.54, 1.807) is 0 Å². The van der Waals surface area contributed by atoms with Gasteiger partial charge in [0, 0.05) is 46.4 Å². The lowest BCUT2D eigenvalue weighted by atomic mass is 9.77. The zero-order chi connectivity index (χ0) is 31.5. The molecule has 1 aliphatic carbocycles. The predicted molar refractivity (Wildman–Crippen MR) is 195 cm³/mol. The molecule has 1 atom stereocenters. The van der Waals surface area contributed by atoms with E-state index in [0.717, 1.165) is 43.8 Å². The number of fused-ring (bicyclic) bond motifs is 6. The molecule has 0 saturated carbocycles. The Morgan fingerprint density at radius 3 is 2.18 bits per heavy atom. The molecule has 45 heavy (non-hydrogen) atoms.